The Balaban J connectivity index is 1.94. The van der Waals surface area contributed by atoms with Crippen LogP contribution < -0.4 is 5.32 Å². The lowest BCUT2D eigenvalue weighted by Crippen LogP contribution is -2.54. The van der Waals surface area contributed by atoms with Gasteiger partial charge in [-0.05, 0) is 26.2 Å². The topological polar surface area (TPSA) is 35.6 Å². The third kappa shape index (κ3) is 2.80. The fraction of sp³-hybridized carbons (Fsp3) is 0.923. The van der Waals surface area contributed by atoms with Crippen LogP contribution in [0.3, 0.4) is 0 Å². The van der Waals surface area contributed by atoms with Gasteiger partial charge in [0.15, 0.2) is 0 Å². The molecular weight excluding hydrogens is 214 g/mol. The van der Waals surface area contributed by atoms with Gasteiger partial charge < -0.3 is 10.2 Å². The van der Waals surface area contributed by atoms with Crippen molar-refractivity contribution >= 4 is 5.91 Å². The van der Waals surface area contributed by atoms with Crippen LogP contribution in [0.25, 0.3) is 0 Å². The number of rotatable bonds is 2. The minimum absolute atomic E-state index is 0.0462. The van der Waals surface area contributed by atoms with Crippen LogP contribution in [-0.2, 0) is 4.79 Å². The first-order valence-electron chi connectivity index (χ1n) is 6.85. The maximum atomic E-state index is 12.5. The normalized spacial score (nSPS) is 32.8. The van der Waals surface area contributed by atoms with E-state index in [4.69, 9.17) is 0 Å². The predicted molar refractivity (Wildman–Crippen MR) is 68.9 cm³/mol. The Morgan fingerprint density at radius 2 is 1.94 bits per heavy atom. The van der Waals surface area contributed by atoms with E-state index in [-0.39, 0.29) is 6.04 Å². The highest BCUT2D eigenvalue weighted by atomic mass is 16.2. The van der Waals surface area contributed by atoms with Gasteiger partial charge in [0.1, 0.15) is 0 Å². The molecular formula is C13H25N3O. The van der Waals surface area contributed by atoms with Crippen LogP contribution >= 0.6 is 0 Å². The zero-order chi connectivity index (χ0) is 12.4. The number of amides is 1. The number of carbonyl (C=O) groups excluding carboxylic acids is 1. The lowest BCUT2D eigenvalue weighted by molar-refractivity contribution is -0.137. The Morgan fingerprint density at radius 1 is 1.29 bits per heavy atom. The highest BCUT2D eigenvalue weighted by molar-refractivity contribution is 5.82. The van der Waals surface area contributed by atoms with E-state index in [2.05, 4.69) is 35.9 Å². The molecule has 17 heavy (non-hydrogen) atoms. The monoisotopic (exact) mass is 239 g/mol. The summed E-state index contributed by atoms with van der Waals surface area (Å²) >= 11 is 0. The van der Waals surface area contributed by atoms with Crippen LogP contribution in [0.5, 0.6) is 0 Å². The van der Waals surface area contributed by atoms with Crippen molar-refractivity contribution in [1.29, 1.82) is 0 Å². The first-order valence-corrected chi connectivity index (χ1v) is 6.85. The fourth-order valence-corrected chi connectivity index (χ4v) is 3.07. The molecule has 2 fully saturated rings. The third-order valence-electron chi connectivity index (χ3n) is 4.12. The number of hydrogen-bond acceptors (Lipinski definition) is 3. The molecule has 0 aromatic rings. The molecule has 4 heteroatoms. The number of carbonyl (C=O) groups is 1. The molecule has 98 valence electrons. The second-order valence-electron chi connectivity index (χ2n) is 5.64. The average Bonchev–Trinajstić information content (AvgIpc) is 2.68. The standard InChI is InChI=1S/C13H25N3O/c1-10-8-11(2)16(9-10)13(17)12(3)15-6-4-14-5-7-15/h10-12,14H,4-9H2,1-3H3. The molecule has 2 heterocycles. The molecule has 0 aromatic heterocycles. The highest BCUT2D eigenvalue weighted by Crippen LogP contribution is 2.23. The summed E-state index contributed by atoms with van der Waals surface area (Å²) in [5.74, 6) is 0.980. The number of nitrogens with one attached hydrogen (secondary N) is 1. The van der Waals surface area contributed by atoms with Gasteiger partial charge in [0.2, 0.25) is 5.91 Å². The van der Waals surface area contributed by atoms with E-state index in [0.717, 1.165) is 39.1 Å². The van der Waals surface area contributed by atoms with Crippen molar-refractivity contribution in [1.82, 2.24) is 15.1 Å². The van der Waals surface area contributed by atoms with E-state index < -0.39 is 0 Å². The Morgan fingerprint density at radius 3 is 2.47 bits per heavy atom. The maximum absolute atomic E-state index is 12.5. The lowest BCUT2D eigenvalue weighted by atomic mass is 10.1. The van der Waals surface area contributed by atoms with Gasteiger partial charge in [-0.3, -0.25) is 9.69 Å². The Labute approximate surface area is 104 Å². The SMILES string of the molecule is CC1CC(C)N(C(=O)C(C)N2CCNCC2)C1. The molecule has 2 saturated heterocycles. The van der Waals surface area contributed by atoms with Crippen molar-refractivity contribution < 1.29 is 4.79 Å². The lowest BCUT2D eigenvalue weighted by Gasteiger charge is -2.35. The number of nitrogens with zero attached hydrogens (tertiary/aromatic N) is 2. The zero-order valence-electron chi connectivity index (χ0n) is 11.3. The summed E-state index contributed by atoms with van der Waals surface area (Å²) in [7, 11) is 0. The molecule has 0 radical (unpaired) electrons. The average molecular weight is 239 g/mol. The fourth-order valence-electron chi connectivity index (χ4n) is 3.07. The largest absolute Gasteiger partial charge is 0.338 e. The Kier molecular flexibility index (Phi) is 4.05. The molecule has 1 N–H and O–H groups in total. The molecule has 3 unspecified atom stereocenters. The van der Waals surface area contributed by atoms with Crippen LogP contribution in [0, 0.1) is 5.92 Å². The van der Waals surface area contributed by atoms with Gasteiger partial charge in [0.05, 0.1) is 6.04 Å². The molecule has 4 nitrogen and oxygen atoms in total. The van der Waals surface area contributed by atoms with Crippen molar-refractivity contribution in [2.75, 3.05) is 32.7 Å². The molecule has 1 amide bonds. The maximum Gasteiger partial charge on any atom is 0.239 e. The van der Waals surface area contributed by atoms with E-state index in [1.807, 2.05) is 0 Å². The van der Waals surface area contributed by atoms with Gasteiger partial charge in [-0.15, -0.1) is 0 Å². The highest BCUT2D eigenvalue weighted by Gasteiger charge is 2.34. The van der Waals surface area contributed by atoms with Crippen molar-refractivity contribution in [3.8, 4) is 0 Å². The molecule has 2 aliphatic rings. The molecule has 0 saturated carbocycles. The molecule has 0 bridgehead atoms. The summed E-state index contributed by atoms with van der Waals surface area (Å²) in [5.41, 5.74) is 0. The van der Waals surface area contributed by atoms with Crippen LogP contribution in [0.1, 0.15) is 27.2 Å². The molecule has 0 aromatic carbocycles. The predicted octanol–water partition coefficient (Wildman–Crippen LogP) is 0.537. The summed E-state index contributed by atoms with van der Waals surface area (Å²) in [6.45, 7) is 11.4. The van der Waals surface area contributed by atoms with Crippen molar-refractivity contribution in [3.05, 3.63) is 0 Å². The van der Waals surface area contributed by atoms with Crippen molar-refractivity contribution in [2.45, 2.75) is 39.3 Å². The minimum atomic E-state index is 0.0462. The van der Waals surface area contributed by atoms with E-state index in [1.54, 1.807) is 0 Å². The van der Waals surface area contributed by atoms with E-state index in [9.17, 15) is 4.79 Å². The van der Waals surface area contributed by atoms with E-state index in [0.29, 0.717) is 17.9 Å². The van der Waals surface area contributed by atoms with Gasteiger partial charge in [0, 0.05) is 38.8 Å². The van der Waals surface area contributed by atoms with Gasteiger partial charge in [-0.2, -0.15) is 0 Å². The number of hydrogen-bond donors (Lipinski definition) is 1. The van der Waals surface area contributed by atoms with Gasteiger partial charge >= 0.3 is 0 Å². The minimum Gasteiger partial charge on any atom is -0.338 e. The molecule has 0 aliphatic carbocycles. The summed E-state index contributed by atoms with van der Waals surface area (Å²) in [6, 6.07) is 0.465. The number of piperazine rings is 1. The van der Waals surface area contributed by atoms with Gasteiger partial charge in [-0.25, -0.2) is 0 Å². The van der Waals surface area contributed by atoms with Gasteiger partial charge in [0.25, 0.3) is 0 Å². The summed E-state index contributed by atoms with van der Waals surface area (Å²) < 4.78 is 0. The quantitative estimate of drug-likeness (QED) is 0.764. The van der Waals surface area contributed by atoms with Crippen LogP contribution in [-0.4, -0.2) is 60.5 Å². The summed E-state index contributed by atoms with van der Waals surface area (Å²) in [6.07, 6.45) is 1.15. The first kappa shape index (κ1) is 12.8. The van der Waals surface area contributed by atoms with Crippen molar-refractivity contribution in [3.63, 3.8) is 0 Å². The molecule has 3 atom stereocenters. The van der Waals surface area contributed by atoms with Crippen LogP contribution in [0.2, 0.25) is 0 Å². The third-order valence-corrected chi connectivity index (χ3v) is 4.12. The van der Waals surface area contributed by atoms with Crippen LogP contribution in [0.15, 0.2) is 0 Å². The smallest absolute Gasteiger partial charge is 0.239 e. The van der Waals surface area contributed by atoms with E-state index in [1.165, 1.54) is 0 Å². The molecule has 0 spiro atoms. The second kappa shape index (κ2) is 5.36. The molecule has 2 aliphatic heterocycles. The van der Waals surface area contributed by atoms with Crippen molar-refractivity contribution in [2.24, 2.45) is 5.92 Å². The summed E-state index contributed by atoms with van der Waals surface area (Å²) in [4.78, 5) is 16.8. The Hall–Kier alpha value is -0.610. The number of likely N-dealkylation sites (tertiary alicyclic amines) is 1. The summed E-state index contributed by atoms with van der Waals surface area (Å²) in [5, 5.41) is 3.33. The first-order chi connectivity index (χ1) is 8.09. The second-order valence-corrected chi connectivity index (χ2v) is 5.64. The van der Waals surface area contributed by atoms with Gasteiger partial charge in [-0.1, -0.05) is 6.92 Å². The molecule has 2 rings (SSSR count). The van der Waals surface area contributed by atoms with E-state index >= 15 is 0 Å². The van der Waals surface area contributed by atoms with Crippen LogP contribution in [0.4, 0.5) is 0 Å². The zero-order valence-corrected chi connectivity index (χ0v) is 11.3. The Bertz CT molecular complexity index is 276.